The van der Waals surface area contributed by atoms with Gasteiger partial charge in [-0.15, -0.1) is 0 Å². The molecule has 0 bridgehead atoms. The van der Waals surface area contributed by atoms with Crippen LogP contribution in [0.3, 0.4) is 0 Å². The van der Waals surface area contributed by atoms with E-state index in [-0.39, 0.29) is 5.82 Å². The second-order valence-corrected chi connectivity index (χ2v) is 8.60. The second-order valence-electron chi connectivity index (χ2n) is 8.60. The van der Waals surface area contributed by atoms with Crippen molar-refractivity contribution in [1.29, 1.82) is 0 Å². The lowest BCUT2D eigenvalue weighted by Crippen LogP contribution is -2.26. The quantitative estimate of drug-likeness (QED) is 0.301. The first-order chi connectivity index (χ1) is 14.7. The van der Waals surface area contributed by atoms with E-state index in [9.17, 15) is 4.39 Å². The number of benzene rings is 2. The fraction of sp³-hybridized carbons (Fsp3) is 0.481. The van der Waals surface area contributed by atoms with Crippen LogP contribution in [0.2, 0.25) is 0 Å². The summed E-state index contributed by atoms with van der Waals surface area (Å²) in [6.45, 7) is 4.63. The molecule has 1 aliphatic carbocycles. The lowest BCUT2D eigenvalue weighted by molar-refractivity contribution is 0.206. The van der Waals surface area contributed by atoms with Gasteiger partial charge < -0.3 is 0 Å². The highest BCUT2D eigenvalue weighted by molar-refractivity contribution is 6.02. The maximum atomic E-state index is 13.1. The normalized spacial score (nSPS) is 20.2. The molecule has 0 heterocycles. The predicted octanol–water partition coefficient (Wildman–Crippen LogP) is 7.67. The molecule has 1 fully saturated rings. The summed E-state index contributed by atoms with van der Waals surface area (Å²) in [5.74, 6) is 1.97. The second kappa shape index (κ2) is 11.8. The summed E-state index contributed by atoms with van der Waals surface area (Å²) in [4.78, 5) is 0. The van der Waals surface area contributed by atoms with Crippen molar-refractivity contribution in [2.45, 2.75) is 65.2 Å². The Morgan fingerprint density at radius 2 is 1.57 bits per heavy atom. The Morgan fingerprint density at radius 3 is 2.17 bits per heavy atom. The Balaban J connectivity index is 1.73. The maximum absolute atomic E-state index is 13.1. The Bertz CT molecular complexity index is 797. The van der Waals surface area contributed by atoms with Crippen molar-refractivity contribution >= 4 is 11.9 Å². The zero-order chi connectivity index (χ0) is 21.2. The van der Waals surface area contributed by atoms with Crippen LogP contribution in [0, 0.1) is 23.6 Å². The van der Waals surface area contributed by atoms with E-state index in [1.54, 1.807) is 18.3 Å². The van der Waals surface area contributed by atoms with Crippen molar-refractivity contribution in [2.75, 3.05) is 0 Å². The summed E-state index contributed by atoms with van der Waals surface area (Å²) >= 11 is 0. The SMILES string of the molecule is CCCC(CCC)C1CCC(C(=NN=Cc2ccc(F)cc2)c2ccccc2)CC1. The standard InChI is InChI=1S/C27H35FN2/c1-3-8-22(9-4-2)23-14-16-25(17-15-23)27(24-10-6-5-7-11-24)30-29-20-21-12-18-26(28)19-13-21/h5-7,10-13,18-20,22-23,25H,3-4,8-9,14-17H2,1-2H3. The van der Waals surface area contributed by atoms with Gasteiger partial charge in [0.2, 0.25) is 0 Å². The van der Waals surface area contributed by atoms with Gasteiger partial charge in [0.15, 0.2) is 0 Å². The molecule has 2 nitrogen and oxygen atoms in total. The molecule has 0 aliphatic heterocycles. The molecular weight excluding hydrogens is 371 g/mol. The summed E-state index contributed by atoms with van der Waals surface area (Å²) in [6.07, 6.45) is 12.0. The average molecular weight is 407 g/mol. The number of hydrogen-bond acceptors (Lipinski definition) is 2. The van der Waals surface area contributed by atoms with Crippen LogP contribution in [0.1, 0.15) is 76.3 Å². The van der Waals surface area contributed by atoms with Crippen LogP contribution < -0.4 is 0 Å². The van der Waals surface area contributed by atoms with Gasteiger partial charge in [-0.25, -0.2) is 4.39 Å². The van der Waals surface area contributed by atoms with Crippen molar-refractivity contribution < 1.29 is 4.39 Å². The minimum atomic E-state index is -0.234. The number of nitrogens with zero attached hydrogens (tertiary/aromatic N) is 2. The molecular formula is C27H35FN2. The molecule has 0 amide bonds. The summed E-state index contributed by atoms with van der Waals surface area (Å²) in [7, 11) is 0. The van der Waals surface area contributed by atoms with Crippen molar-refractivity contribution in [2.24, 2.45) is 28.0 Å². The number of halogens is 1. The summed E-state index contributed by atoms with van der Waals surface area (Å²) in [5.41, 5.74) is 3.11. The monoisotopic (exact) mass is 406 g/mol. The van der Waals surface area contributed by atoms with Crippen LogP contribution >= 0.6 is 0 Å². The molecule has 30 heavy (non-hydrogen) atoms. The van der Waals surface area contributed by atoms with Gasteiger partial charge in [0.25, 0.3) is 0 Å². The molecule has 3 rings (SSSR count). The van der Waals surface area contributed by atoms with Crippen molar-refractivity contribution in [3.05, 3.63) is 71.5 Å². The van der Waals surface area contributed by atoms with E-state index in [0.29, 0.717) is 5.92 Å². The Kier molecular flexibility index (Phi) is 8.80. The highest BCUT2D eigenvalue weighted by atomic mass is 19.1. The first kappa shape index (κ1) is 22.4. The van der Waals surface area contributed by atoms with Crippen LogP contribution in [0.4, 0.5) is 4.39 Å². The Labute approximate surface area is 181 Å². The highest BCUT2D eigenvalue weighted by Gasteiger charge is 2.29. The van der Waals surface area contributed by atoms with E-state index in [4.69, 9.17) is 0 Å². The van der Waals surface area contributed by atoms with Crippen LogP contribution in [0.5, 0.6) is 0 Å². The van der Waals surface area contributed by atoms with E-state index in [1.165, 1.54) is 63.5 Å². The molecule has 0 N–H and O–H groups in total. The van der Waals surface area contributed by atoms with Crippen molar-refractivity contribution in [1.82, 2.24) is 0 Å². The van der Waals surface area contributed by atoms with E-state index in [2.05, 4.69) is 48.3 Å². The third-order valence-corrected chi connectivity index (χ3v) is 6.46. The summed E-state index contributed by atoms with van der Waals surface area (Å²) < 4.78 is 13.1. The van der Waals surface area contributed by atoms with Gasteiger partial charge in [0.05, 0.1) is 11.9 Å². The van der Waals surface area contributed by atoms with Gasteiger partial charge in [0.1, 0.15) is 5.82 Å². The van der Waals surface area contributed by atoms with Gasteiger partial charge in [-0.3, -0.25) is 0 Å². The van der Waals surface area contributed by atoms with Crippen molar-refractivity contribution in [3.63, 3.8) is 0 Å². The molecule has 0 atom stereocenters. The summed E-state index contributed by atoms with van der Waals surface area (Å²) in [5, 5.41) is 9.05. The Morgan fingerprint density at radius 1 is 0.933 bits per heavy atom. The van der Waals surface area contributed by atoms with Crippen LogP contribution in [0.25, 0.3) is 0 Å². The first-order valence-corrected chi connectivity index (χ1v) is 11.6. The van der Waals surface area contributed by atoms with Crippen LogP contribution in [0.15, 0.2) is 64.8 Å². The molecule has 2 aromatic carbocycles. The zero-order valence-corrected chi connectivity index (χ0v) is 18.4. The fourth-order valence-corrected chi connectivity index (χ4v) is 4.91. The number of hydrogen-bond donors (Lipinski definition) is 0. The summed E-state index contributed by atoms with van der Waals surface area (Å²) in [6, 6.07) is 16.8. The van der Waals surface area contributed by atoms with E-state index in [0.717, 1.165) is 28.7 Å². The Hall–Kier alpha value is -2.29. The fourth-order valence-electron chi connectivity index (χ4n) is 4.91. The topological polar surface area (TPSA) is 24.7 Å². The third kappa shape index (κ3) is 6.35. The molecule has 0 saturated heterocycles. The van der Waals surface area contributed by atoms with E-state index >= 15 is 0 Å². The largest absolute Gasteiger partial charge is 0.207 e. The van der Waals surface area contributed by atoms with Gasteiger partial charge in [-0.05, 0) is 60.8 Å². The lowest BCUT2D eigenvalue weighted by atomic mass is 9.71. The lowest BCUT2D eigenvalue weighted by Gasteiger charge is -2.34. The van der Waals surface area contributed by atoms with E-state index < -0.39 is 0 Å². The molecule has 1 saturated carbocycles. The molecule has 3 heteroatoms. The molecule has 0 radical (unpaired) electrons. The minimum Gasteiger partial charge on any atom is -0.207 e. The van der Waals surface area contributed by atoms with Crippen LogP contribution in [-0.2, 0) is 0 Å². The van der Waals surface area contributed by atoms with Crippen LogP contribution in [-0.4, -0.2) is 11.9 Å². The minimum absolute atomic E-state index is 0.234. The predicted molar refractivity (Wildman–Crippen MR) is 126 cm³/mol. The molecule has 160 valence electrons. The molecule has 2 aromatic rings. The molecule has 0 aromatic heterocycles. The number of rotatable bonds is 9. The maximum Gasteiger partial charge on any atom is 0.123 e. The molecule has 0 spiro atoms. The molecule has 1 aliphatic rings. The molecule has 0 unspecified atom stereocenters. The zero-order valence-electron chi connectivity index (χ0n) is 18.4. The first-order valence-electron chi connectivity index (χ1n) is 11.6. The van der Waals surface area contributed by atoms with Gasteiger partial charge in [-0.2, -0.15) is 10.2 Å². The van der Waals surface area contributed by atoms with Gasteiger partial charge in [0, 0.05) is 5.92 Å². The van der Waals surface area contributed by atoms with Gasteiger partial charge >= 0.3 is 0 Å². The third-order valence-electron chi connectivity index (χ3n) is 6.46. The highest BCUT2D eigenvalue weighted by Crippen LogP contribution is 2.38. The van der Waals surface area contributed by atoms with Crippen molar-refractivity contribution in [3.8, 4) is 0 Å². The van der Waals surface area contributed by atoms with E-state index in [1.807, 2.05) is 6.07 Å². The smallest absolute Gasteiger partial charge is 0.123 e. The average Bonchev–Trinajstić information content (AvgIpc) is 2.79. The van der Waals surface area contributed by atoms with Gasteiger partial charge in [-0.1, -0.05) is 82.0 Å².